The lowest BCUT2D eigenvalue weighted by molar-refractivity contribution is 0.414. The van der Waals surface area contributed by atoms with Crippen molar-refractivity contribution < 1.29 is 9.47 Å². The number of methoxy groups -OCH3 is 2. The van der Waals surface area contributed by atoms with E-state index in [0.717, 1.165) is 67.9 Å². The summed E-state index contributed by atoms with van der Waals surface area (Å²) in [6, 6.07) is 14.0. The number of hydrogen-bond donors (Lipinski definition) is 0. The zero-order chi connectivity index (χ0) is 23.4. The fourth-order valence-corrected chi connectivity index (χ4v) is 3.71. The molecule has 3 aromatic rings. The third-order valence-electron chi connectivity index (χ3n) is 5.45. The van der Waals surface area contributed by atoms with Gasteiger partial charge in [0.2, 0.25) is 0 Å². The van der Waals surface area contributed by atoms with E-state index in [4.69, 9.17) is 24.4 Å². The molecule has 0 amide bonds. The van der Waals surface area contributed by atoms with E-state index in [0.29, 0.717) is 0 Å². The molecule has 0 saturated heterocycles. The van der Waals surface area contributed by atoms with E-state index < -0.39 is 0 Å². The molecule has 5 heteroatoms. The number of aliphatic imine (C=N–C) groups is 2. The van der Waals surface area contributed by atoms with Crippen molar-refractivity contribution in [3.8, 4) is 11.5 Å². The molecule has 3 rings (SSSR count). The minimum atomic E-state index is 0.829. The maximum atomic E-state index is 5.36. The molecule has 0 aliphatic heterocycles. The number of rotatable bonds is 6. The van der Waals surface area contributed by atoms with Gasteiger partial charge in [0.05, 0.1) is 48.4 Å². The monoisotopic (exact) mass is 429 g/mol. The highest BCUT2D eigenvalue weighted by molar-refractivity contribution is 6.02. The Labute approximate surface area is 190 Å². The van der Waals surface area contributed by atoms with Crippen LogP contribution in [-0.2, 0) is 0 Å². The zero-order valence-electron chi connectivity index (χ0n) is 20.2. The lowest BCUT2D eigenvalue weighted by atomic mass is 10.1. The van der Waals surface area contributed by atoms with E-state index in [9.17, 15) is 0 Å². The van der Waals surface area contributed by atoms with Gasteiger partial charge in [-0.3, -0.25) is 9.98 Å². The largest absolute Gasteiger partial charge is 0.497 e. The normalized spacial score (nSPS) is 12.1. The van der Waals surface area contributed by atoms with E-state index in [1.807, 2.05) is 84.0 Å². The first-order chi connectivity index (χ1) is 15.2. The Morgan fingerprint density at radius 1 is 0.656 bits per heavy atom. The van der Waals surface area contributed by atoms with Gasteiger partial charge >= 0.3 is 0 Å². The van der Waals surface area contributed by atoms with Crippen LogP contribution in [0.5, 0.6) is 11.5 Å². The van der Waals surface area contributed by atoms with Crippen molar-refractivity contribution in [1.82, 2.24) is 4.98 Å². The van der Waals surface area contributed by atoms with Gasteiger partial charge in [-0.25, -0.2) is 4.98 Å². The minimum absolute atomic E-state index is 0.829. The smallest absolute Gasteiger partial charge is 0.119 e. The van der Waals surface area contributed by atoms with E-state index in [-0.39, 0.29) is 0 Å². The summed E-state index contributed by atoms with van der Waals surface area (Å²) in [4.78, 5) is 14.6. The highest BCUT2D eigenvalue weighted by Crippen LogP contribution is 2.30. The number of pyridine rings is 1. The van der Waals surface area contributed by atoms with Gasteiger partial charge in [-0.05, 0) is 100 Å². The molecule has 0 spiro atoms. The Bertz CT molecular complexity index is 1070. The van der Waals surface area contributed by atoms with Gasteiger partial charge in [-0.2, -0.15) is 0 Å². The summed E-state index contributed by atoms with van der Waals surface area (Å²) in [5, 5.41) is 0. The number of hydrogen-bond acceptors (Lipinski definition) is 5. The summed E-state index contributed by atoms with van der Waals surface area (Å²) in [6.07, 6.45) is 0. The van der Waals surface area contributed by atoms with Crippen LogP contribution in [-0.4, -0.2) is 30.6 Å². The molecule has 166 valence electrons. The molecule has 32 heavy (non-hydrogen) atoms. The molecule has 1 heterocycles. The molecule has 0 fully saturated rings. The second-order valence-electron chi connectivity index (χ2n) is 8.02. The van der Waals surface area contributed by atoms with Crippen molar-refractivity contribution in [2.45, 2.75) is 41.5 Å². The number of aryl methyl sites for hydroxylation is 4. The van der Waals surface area contributed by atoms with E-state index >= 15 is 0 Å². The van der Waals surface area contributed by atoms with Crippen LogP contribution in [0.1, 0.15) is 47.5 Å². The maximum absolute atomic E-state index is 5.36. The van der Waals surface area contributed by atoms with E-state index in [2.05, 4.69) is 0 Å². The van der Waals surface area contributed by atoms with Gasteiger partial charge in [0.25, 0.3) is 0 Å². The van der Waals surface area contributed by atoms with Crippen molar-refractivity contribution in [1.29, 1.82) is 0 Å². The molecule has 0 atom stereocenters. The number of nitrogens with zero attached hydrogens (tertiary/aromatic N) is 3. The van der Waals surface area contributed by atoms with Gasteiger partial charge in [0, 0.05) is 0 Å². The first kappa shape index (κ1) is 23.2. The molecule has 0 aliphatic rings. The average molecular weight is 430 g/mol. The fourth-order valence-electron chi connectivity index (χ4n) is 3.71. The summed E-state index contributed by atoms with van der Waals surface area (Å²) in [5.74, 6) is 1.68. The van der Waals surface area contributed by atoms with Crippen molar-refractivity contribution >= 4 is 22.8 Å². The predicted octanol–water partition coefficient (Wildman–Crippen LogP) is 6.61. The summed E-state index contributed by atoms with van der Waals surface area (Å²) in [5.41, 5.74) is 9.54. The Hall–Kier alpha value is -3.47. The standard InChI is InChI=1S/C27H31N3O2/c1-16-12-22(31-7)13-17(2)26(16)28-20(5)24-10-9-11-25(30-24)21(6)29-27-18(3)14-23(32-8)15-19(27)4/h9-15H,1-8H3. The van der Waals surface area contributed by atoms with Crippen molar-refractivity contribution in [2.75, 3.05) is 14.2 Å². The molecule has 0 radical (unpaired) electrons. The third kappa shape index (κ3) is 5.05. The van der Waals surface area contributed by atoms with Gasteiger partial charge in [-0.15, -0.1) is 0 Å². The van der Waals surface area contributed by atoms with Crippen LogP contribution in [0.15, 0.2) is 52.4 Å². The maximum Gasteiger partial charge on any atom is 0.119 e. The Morgan fingerprint density at radius 3 is 1.31 bits per heavy atom. The SMILES string of the molecule is COc1cc(C)c(N=C(C)c2cccc(C(C)=Nc3c(C)cc(OC)cc3C)n2)c(C)c1. The van der Waals surface area contributed by atoms with E-state index in [1.54, 1.807) is 14.2 Å². The Morgan fingerprint density at radius 2 is 1.00 bits per heavy atom. The predicted molar refractivity (Wildman–Crippen MR) is 133 cm³/mol. The van der Waals surface area contributed by atoms with Crippen LogP contribution in [0.25, 0.3) is 0 Å². The quantitative estimate of drug-likeness (QED) is 0.414. The van der Waals surface area contributed by atoms with Crippen LogP contribution < -0.4 is 9.47 Å². The molecular weight excluding hydrogens is 398 g/mol. The molecule has 0 saturated carbocycles. The van der Waals surface area contributed by atoms with Crippen molar-refractivity contribution in [3.63, 3.8) is 0 Å². The summed E-state index contributed by atoms with van der Waals surface area (Å²) in [7, 11) is 3.35. The minimum Gasteiger partial charge on any atom is -0.497 e. The molecule has 0 unspecified atom stereocenters. The fraction of sp³-hybridized carbons (Fsp3) is 0.296. The summed E-state index contributed by atoms with van der Waals surface area (Å²) >= 11 is 0. The van der Waals surface area contributed by atoms with Crippen LogP contribution in [0.2, 0.25) is 0 Å². The van der Waals surface area contributed by atoms with Crippen LogP contribution in [0.4, 0.5) is 11.4 Å². The van der Waals surface area contributed by atoms with Gasteiger partial charge in [-0.1, -0.05) is 6.07 Å². The van der Waals surface area contributed by atoms with Crippen LogP contribution >= 0.6 is 0 Å². The lowest BCUT2D eigenvalue weighted by Gasteiger charge is -2.11. The molecule has 0 N–H and O–H groups in total. The molecule has 0 aliphatic carbocycles. The van der Waals surface area contributed by atoms with Crippen molar-refractivity contribution in [3.05, 3.63) is 76.1 Å². The highest BCUT2D eigenvalue weighted by atomic mass is 16.5. The number of aromatic nitrogens is 1. The molecule has 1 aromatic heterocycles. The van der Waals surface area contributed by atoms with Crippen molar-refractivity contribution in [2.24, 2.45) is 9.98 Å². The highest BCUT2D eigenvalue weighted by Gasteiger charge is 2.10. The first-order valence-electron chi connectivity index (χ1n) is 10.6. The van der Waals surface area contributed by atoms with Crippen LogP contribution in [0, 0.1) is 27.7 Å². The molecule has 2 aromatic carbocycles. The summed E-state index contributed by atoms with van der Waals surface area (Å²) in [6.45, 7) is 12.1. The number of benzene rings is 2. The average Bonchev–Trinajstić information content (AvgIpc) is 2.78. The molecule has 5 nitrogen and oxygen atoms in total. The Balaban J connectivity index is 1.97. The topological polar surface area (TPSA) is 56.1 Å². The lowest BCUT2D eigenvalue weighted by Crippen LogP contribution is -2.05. The molecule has 0 bridgehead atoms. The first-order valence-corrected chi connectivity index (χ1v) is 10.6. The van der Waals surface area contributed by atoms with Gasteiger partial charge < -0.3 is 9.47 Å². The summed E-state index contributed by atoms with van der Waals surface area (Å²) < 4.78 is 10.7. The third-order valence-corrected chi connectivity index (χ3v) is 5.45. The van der Waals surface area contributed by atoms with E-state index in [1.165, 1.54) is 0 Å². The number of ether oxygens (including phenoxy) is 2. The van der Waals surface area contributed by atoms with Gasteiger partial charge in [0.1, 0.15) is 11.5 Å². The molecular formula is C27H31N3O2. The zero-order valence-corrected chi connectivity index (χ0v) is 20.2. The second kappa shape index (κ2) is 9.77. The Kier molecular flexibility index (Phi) is 7.08. The van der Waals surface area contributed by atoms with Crippen LogP contribution in [0.3, 0.4) is 0 Å². The van der Waals surface area contributed by atoms with Gasteiger partial charge in [0.15, 0.2) is 0 Å². The second-order valence-corrected chi connectivity index (χ2v) is 8.02.